The minimum atomic E-state index is 0.00994. The lowest BCUT2D eigenvalue weighted by Gasteiger charge is -2.31. The first-order valence-electron chi connectivity index (χ1n) is 13.7. The molecule has 3 aromatic heterocycles. The highest BCUT2D eigenvalue weighted by molar-refractivity contribution is 6.29. The summed E-state index contributed by atoms with van der Waals surface area (Å²) in [4.78, 5) is 24.0. The van der Waals surface area contributed by atoms with Crippen LogP contribution in [0.2, 0.25) is 0 Å². The number of aromatic nitrogens is 6. The van der Waals surface area contributed by atoms with Gasteiger partial charge in [0.05, 0.1) is 34.8 Å². The Morgan fingerprint density at radius 3 is 2.64 bits per heavy atom. The number of carbonyl (C=O) groups is 1. The van der Waals surface area contributed by atoms with Gasteiger partial charge in [-0.15, -0.1) is 0 Å². The van der Waals surface area contributed by atoms with Crippen molar-refractivity contribution in [2.45, 2.75) is 37.5 Å². The van der Waals surface area contributed by atoms with Crippen molar-refractivity contribution in [1.29, 1.82) is 0 Å². The molecule has 0 spiro atoms. The summed E-state index contributed by atoms with van der Waals surface area (Å²) in [5, 5.41) is 13.3. The monoisotopic (exact) mass is 515 g/mol. The average Bonchev–Trinajstić information content (AvgIpc) is 3.35. The van der Waals surface area contributed by atoms with E-state index in [1.807, 2.05) is 17.4 Å². The van der Waals surface area contributed by atoms with Crippen molar-refractivity contribution in [3.63, 3.8) is 0 Å². The van der Waals surface area contributed by atoms with E-state index in [9.17, 15) is 4.79 Å². The number of hydrogen-bond acceptors (Lipinski definition) is 4. The molecule has 2 fully saturated rings. The highest BCUT2D eigenvalue weighted by atomic mass is 16.2. The Kier molecular flexibility index (Phi) is 4.77. The summed E-state index contributed by atoms with van der Waals surface area (Å²) in [6.07, 6.45) is 11.7. The number of imidazole rings is 2. The highest BCUT2D eigenvalue weighted by Crippen LogP contribution is 2.42. The van der Waals surface area contributed by atoms with Gasteiger partial charge in [-0.25, -0.2) is 9.97 Å². The number of piperidine rings is 1. The first-order valence-corrected chi connectivity index (χ1v) is 13.7. The van der Waals surface area contributed by atoms with Crippen molar-refractivity contribution in [1.82, 2.24) is 34.2 Å². The summed E-state index contributed by atoms with van der Waals surface area (Å²) in [6, 6.07) is 11.0. The molecule has 1 saturated carbocycles. The van der Waals surface area contributed by atoms with Gasteiger partial charge in [-0.3, -0.25) is 9.89 Å². The maximum Gasteiger partial charge on any atom is 0.245 e. The third-order valence-corrected chi connectivity index (χ3v) is 8.78. The number of aryl methyl sites for hydroxylation is 1. The number of benzene rings is 3. The van der Waals surface area contributed by atoms with E-state index >= 15 is 0 Å². The van der Waals surface area contributed by atoms with Crippen LogP contribution in [0.3, 0.4) is 0 Å². The third-order valence-electron chi connectivity index (χ3n) is 8.78. The molecule has 0 bridgehead atoms. The van der Waals surface area contributed by atoms with E-state index in [4.69, 9.17) is 4.98 Å². The van der Waals surface area contributed by atoms with Crippen LogP contribution in [0.4, 0.5) is 0 Å². The topological polar surface area (TPSA) is 84.6 Å². The number of aromatic amines is 1. The average molecular weight is 516 g/mol. The largest absolute Gasteiger partial charge is 0.339 e. The minimum Gasteiger partial charge on any atom is -0.339 e. The van der Waals surface area contributed by atoms with E-state index in [0.717, 1.165) is 64.8 Å². The van der Waals surface area contributed by atoms with Crippen LogP contribution < -0.4 is 0 Å². The molecule has 4 heterocycles. The molecule has 1 saturated heterocycles. The lowest BCUT2D eigenvalue weighted by Crippen LogP contribution is -2.37. The summed E-state index contributed by atoms with van der Waals surface area (Å²) in [5.41, 5.74) is 5.46. The second kappa shape index (κ2) is 8.27. The Morgan fingerprint density at radius 2 is 1.85 bits per heavy atom. The van der Waals surface area contributed by atoms with E-state index < -0.39 is 0 Å². The van der Waals surface area contributed by atoms with Gasteiger partial charge in [0.25, 0.3) is 0 Å². The van der Waals surface area contributed by atoms with Crippen molar-refractivity contribution >= 4 is 49.4 Å². The Bertz CT molecular complexity index is 1950. The van der Waals surface area contributed by atoms with Crippen LogP contribution >= 0.6 is 0 Å². The smallest absolute Gasteiger partial charge is 0.245 e. The molecule has 2 aliphatic rings. The second-order valence-corrected chi connectivity index (χ2v) is 11.1. The number of nitrogens with zero attached hydrogens (tertiary/aromatic N) is 6. The number of fused-ring (bicyclic) bond motifs is 8. The first-order chi connectivity index (χ1) is 19.1. The normalized spacial score (nSPS) is 16.7. The summed E-state index contributed by atoms with van der Waals surface area (Å²) >= 11 is 0. The fourth-order valence-electron chi connectivity index (χ4n) is 6.53. The van der Waals surface area contributed by atoms with Crippen molar-refractivity contribution in [2.75, 3.05) is 13.1 Å². The first kappa shape index (κ1) is 22.5. The molecule has 6 aromatic rings. The Labute approximate surface area is 224 Å². The number of nitrogens with one attached hydrogen (secondary N) is 1. The van der Waals surface area contributed by atoms with Gasteiger partial charge in [-0.2, -0.15) is 5.10 Å². The van der Waals surface area contributed by atoms with Crippen LogP contribution in [0.5, 0.6) is 0 Å². The summed E-state index contributed by atoms with van der Waals surface area (Å²) < 4.78 is 4.42. The van der Waals surface area contributed by atoms with Gasteiger partial charge >= 0.3 is 0 Å². The molecular formula is C31H29N7O. The minimum absolute atomic E-state index is 0.00994. The van der Waals surface area contributed by atoms with Gasteiger partial charge in [-0.1, -0.05) is 18.7 Å². The van der Waals surface area contributed by atoms with Gasteiger partial charge in [0.2, 0.25) is 5.91 Å². The number of likely N-dealkylation sites (tertiary alicyclic amines) is 1. The van der Waals surface area contributed by atoms with Crippen molar-refractivity contribution in [2.24, 2.45) is 7.05 Å². The van der Waals surface area contributed by atoms with Crippen LogP contribution in [0, 0.1) is 0 Å². The maximum absolute atomic E-state index is 12.1. The number of hydrogen-bond donors (Lipinski definition) is 1. The number of H-pyrrole nitrogens is 1. The van der Waals surface area contributed by atoms with E-state index in [0.29, 0.717) is 5.92 Å². The molecule has 1 amide bonds. The zero-order chi connectivity index (χ0) is 26.2. The summed E-state index contributed by atoms with van der Waals surface area (Å²) in [6.45, 7) is 5.10. The van der Waals surface area contributed by atoms with Gasteiger partial charge in [0.1, 0.15) is 5.82 Å². The molecule has 1 N–H and O–H groups in total. The molecule has 8 nitrogen and oxygen atoms in total. The predicted octanol–water partition coefficient (Wildman–Crippen LogP) is 5.71. The lowest BCUT2D eigenvalue weighted by molar-refractivity contribution is -0.127. The Morgan fingerprint density at radius 1 is 1.03 bits per heavy atom. The fraction of sp³-hybridized carbons (Fsp3) is 0.290. The molecule has 3 aromatic carbocycles. The van der Waals surface area contributed by atoms with Crippen LogP contribution in [0.15, 0.2) is 61.7 Å². The van der Waals surface area contributed by atoms with Gasteiger partial charge < -0.3 is 14.0 Å². The SMILES string of the molecule is C=CC(=O)N1CCC(c2nc3c4ccc(-n5cnc(C6CC6)c5)cc4c4ccc5[nH]ncc5c4c3n2C)CC1. The molecule has 8 rings (SSSR count). The van der Waals surface area contributed by atoms with Gasteiger partial charge in [0, 0.05) is 60.0 Å². The van der Waals surface area contributed by atoms with E-state index in [2.05, 4.69) is 74.5 Å². The molecule has 0 radical (unpaired) electrons. The Hall–Kier alpha value is -4.46. The van der Waals surface area contributed by atoms with Crippen LogP contribution in [-0.4, -0.2) is 53.2 Å². The number of rotatable bonds is 4. The highest BCUT2D eigenvalue weighted by Gasteiger charge is 2.28. The second-order valence-electron chi connectivity index (χ2n) is 11.1. The zero-order valence-corrected chi connectivity index (χ0v) is 21.9. The maximum atomic E-state index is 12.1. The van der Waals surface area contributed by atoms with Crippen molar-refractivity contribution in [3.8, 4) is 5.69 Å². The van der Waals surface area contributed by atoms with E-state index in [1.54, 1.807) is 0 Å². The van der Waals surface area contributed by atoms with Crippen LogP contribution in [-0.2, 0) is 11.8 Å². The van der Waals surface area contributed by atoms with E-state index in [1.165, 1.54) is 40.8 Å². The standard InChI is InChI=1S/C31H29N7O/c1-3-27(39)37-12-10-19(11-13-37)31-34-29-22-7-6-20(38-16-26(32-17-38)18-4-5-18)14-23(22)21-8-9-25-24(15-33-35-25)28(21)30(29)36(31)2/h3,6-9,14-19H,1,4-5,10-13H2,2H3,(H,33,35). The molecule has 8 heteroatoms. The summed E-state index contributed by atoms with van der Waals surface area (Å²) in [5.74, 6) is 2.00. The number of carbonyl (C=O) groups excluding carboxylic acids is 1. The predicted molar refractivity (Wildman–Crippen MR) is 153 cm³/mol. The van der Waals surface area contributed by atoms with Gasteiger partial charge in [0.15, 0.2) is 0 Å². The quantitative estimate of drug-likeness (QED) is 0.241. The van der Waals surface area contributed by atoms with Gasteiger partial charge in [-0.05, 0) is 60.7 Å². The molecule has 0 atom stereocenters. The molecule has 1 aliphatic heterocycles. The zero-order valence-electron chi connectivity index (χ0n) is 21.9. The molecule has 194 valence electrons. The lowest BCUT2D eigenvalue weighted by atomic mass is 9.96. The van der Waals surface area contributed by atoms with E-state index in [-0.39, 0.29) is 11.8 Å². The van der Waals surface area contributed by atoms with Crippen LogP contribution in [0.1, 0.15) is 49.0 Å². The van der Waals surface area contributed by atoms with Crippen molar-refractivity contribution < 1.29 is 4.79 Å². The Balaban J connectivity index is 1.34. The molecular weight excluding hydrogens is 486 g/mol. The number of amides is 1. The van der Waals surface area contributed by atoms with Crippen LogP contribution in [0.25, 0.3) is 49.2 Å². The fourth-order valence-corrected chi connectivity index (χ4v) is 6.53. The third kappa shape index (κ3) is 3.37. The summed E-state index contributed by atoms with van der Waals surface area (Å²) in [7, 11) is 2.13. The molecule has 1 aliphatic carbocycles. The molecule has 39 heavy (non-hydrogen) atoms. The molecule has 0 unspecified atom stereocenters. The van der Waals surface area contributed by atoms with Crippen molar-refractivity contribution in [3.05, 3.63) is 73.2 Å².